The maximum Gasteiger partial charge on any atom is 0.338 e. The van der Waals surface area contributed by atoms with Crippen LogP contribution in [0.4, 0.5) is 0 Å². The highest BCUT2D eigenvalue weighted by molar-refractivity contribution is 8.16. The molecule has 2 heterocycles. The summed E-state index contributed by atoms with van der Waals surface area (Å²) in [4.78, 5) is 18.9. The highest BCUT2D eigenvalue weighted by atomic mass is 35.5. The molecular weight excluding hydrogens is 320 g/mol. The number of amidine groups is 1. The molecule has 0 bridgehead atoms. The minimum Gasteiger partial charge on any atom is -0.466 e. The summed E-state index contributed by atoms with van der Waals surface area (Å²) in [6.07, 6.45) is 0. The molecule has 0 N–H and O–H groups in total. The van der Waals surface area contributed by atoms with Crippen molar-refractivity contribution in [2.45, 2.75) is 19.9 Å². The van der Waals surface area contributed by atoms with Crippen LogP contribution in [0.5, 0.6) is 0 Å². The van der Waals surface area contributed by atoms with Gasteiger partial charge in [0, 0.05) is 10.7 Å². The quantitative estimate of drug-likeness (QED) is 0.763. The molecule has 0 radical (unpaired) electrons. The van der Waals surface area contributed by atoms with Gasteiger partial charge in [-0.15, -0.1) is 0 Å². The molecule has 2 aliphatic rings. The number of methoxy groups -OCH3 is 1. The predicted molar refractivity (Wildman–Crippen MR) is 89.5 cm³/mol. The van der Waals surface area contributed by atoms with E-state index in [-0.39, 0.29) is 12.0 Å². The van der Waals surface area contributed by atoms with Crippen LogP contribution in [0, 0.1) is 0 Å². The highest BCUT2D eigenvalue weighted by Gasteiger charge is 2.39. The number of ether oxygens (including phenoxy) is 1. The average molecular weight is 335 g/mol. The fourth-order valence-electron chi connectivity index (χ4n) is 2.66. The van der Waals surface area contributed by atoms with Gasteiger partial charge in [-0.25, -0.2) is 9.79 Å². The van der Waals surface area contributed by atoms with E-state index in [1.54, 1.807) is 11.8 Å². The van der Waals surface area contributed by atoms with E-state index in [0.717, 1.165) is 16.4 Å². The van der Waals surface area contributed by atoms with Gasteiger partial charge in [0.05, 0.1) is 24.4 Å². The fourth-order valence-corrected chi connectivity index (χ4v) is 3.73. The molecule has 1 aromatic carbocycles. The lowest BCUT2D eigenvalue weighted by Gasteiger charge is -2.35. The molecule has 0 saturated heterocycles. The second-order valence-electron chi connectivity index (χ2n) is 5.09. The lowest BCUT2D eigenvalue weighted by molar-refractivity contribution is -0.136. The Hall–Kier alpha value is -1.72. The summed E-state index contributed by atoms with van der Waals surface area (Å²) in [7, 11) is 1.39. The van der Waals surface area contributed by atoms with E-state index < -0.39 is 0 Å². The van der Waals surface area contributed by atoms with E-state index >= 15 is 0 Å². The summed E-state index contributed by atoms with van der Waals surface area (Å²) in [6.45, 7) is 3.85. The maximum atomic E-state index is 12.3. The Morgan fingerprint density at radius 1 is 1.32 bits per heavy atom. The molecule has 0 aliphatic carbocycles. The third kappa shape index (κ3) is 2.44. The first-order valence-electron chi connectivity index (χ1n) is 6.79. The number of hydrogen-bond acceptors (Lipinski definition) is 5. The van der Waals surface area contributed by atoms with Crippen molar-refractivity contribution in [1.82, 2.24) is 4.90 Å². The van der Waals surface area contributed by atoms with E-state index in [0.29, 0.717) is 16.3 Å². The highest BCUT2D eigenvalue weighted by Crippen LogP contribution is 2.43. The summed E-state index contributed by atoms with van der Waals surface area (Å²) in [5.74, 6) is -0.357. The Bertz CT molecular complexity index is 722. The molecule has 0 amide bonds. The molecule has 4 nitrogen and oxygen atoms in total. The first kappa shape index (κ1) is 15.2. The monoisotopic (exact) mass is 334 g/mol. The Morgan fingerprint density at radius 2 is 2.00 bits per heavy atom. The van der Waals surface area contributed by atoms with Crippen LogP contribution in [-0.2, 0) is 9.53 Å². The molecule has 1 aromatic rings. The van der Waals surface area contributed by atoms with Crippen LogP contribution in [0.2, 0.25) is 5.02 Å². The van der Waals surface area contributed by atoms with Crippen molar-refractivity contribution in [1.29, 1.82) is 0 Å². The number of allylic oxidation sites excluding steroid dienone is 2. The summed E-state index contributed by atoms with van der Waals surface area (Å²) >= 11 is 7.55. The van der Waals surface area contributed by atoms with Gasteiger partial charge in [0.2, 0.25) is 0 Å². The van der Waals surface area contributed by atoms with Gasteiger partial charge in [0.25, 0.3) is 0 Å². The van der Waals surface area contributed by atoms with Gasteiger partial charge >= 0.3 is 5.97 Å². The summed E-state index contributed by atoms with van der Waals surface area (Å²) in [6, 6.07) is 7.28. The normalized spacial score (nSPS) is 20.5. The topological polar surface area (TPSA) is 41.9 Å². The van der Waals surface area contributed by atoms with E-state index in [4.69, 9.17) is 16.3 Å². The largest absolute Gasteiger partial charge is 0.466 e. The predicted octanol–water partition coefficient (Wildman–Crippen LogP) is 4.11. The van der Waals surface area contributed by atoms with Crippen molar-refractivity contribution >= 4 is 34.5 Å². The standard InChI is InChI=1S/C16H15ClN2O2S/c1-9-8-22-16-18-10(2)13(15(20)21-3)14(19(9)16)11-4-6-12(17)7-5-11/h4-8,14H,1-3H3/t14-/m0/s1. The molecule has 2 aliphatic heterocycles. The van der Waals surface area contributed by atoms with Crippen LogP contribution in [0.25, 0.3) is 0 Å². The molecule has 3 rings (SSSR count). The van der Waals surface area contributed by atoms with Crippen LogP contribution < -0.4 is 0 Å². The van der Waals surface area contributed by atoms with Crippen molar-refractivity contribution in [3.05, 3.63) is 57.2 Å². The molecular formula is C16H15ClN2O2S. The number of hydrogen-bond donors (Lipinski definition) is 0. The van der Waals surface area contributed by atoms with Crippen LogP contribution in [0.1, 0.15) is 25.5 Å². The van der Waals surface area contributed by atoms with E-state index in [2.05, 4.69) is 9.89 Å². The number of carbonyl (C=O) groups excluding carboxylic acids is 1. The second kappa shape index (κ2) is 5.82. The molecule has 0 aromatic heterocycles. The number of halogens is 1. The van der Waals surface area contributed by atoms with Gasteiger partial charge in [-0.3, -0.25) is 0 Å². The van der Waals surface area contributed by atoms with Crippen LogP contribution in [-0.4, -0.2) is 23.1 Å². The third-order valence-corrected chi connectivity index (χ3v) is 4.91. The Labute approximate surface area is 138 Å². The number of thioether (sulfide) groups is 1. The molecule has 114 valence electrons. The molecule has 1 atom stereocenters. The summed E-state index contributed by atoms with van der Waals surface area (Å²) < 4.78 is 4.97. The average Bonchev–Trinajstić information content (AvgIpc) is 2.87. The van der Waals surface area contributed by atoms with E-state index in [9.17, 15) is 4.79 Å². The summed E-state index contributed by atoms with van der Waals surface area (Å²) in [5.41, 5.74) is 3.28. The lowest BCUT2D eigenvalue weighted by Crippen LogP contribution is -2.35. The Kier molecular flexibility index (Phi) is 4.02. The van der Waals surface area contributed by atoms with Crippen LogP contribution in [0.3, 0.4) is 0 Å². The first-order chi connectivity index (χ1) is 10.5. The van der Waals surface area contributed by atoms with Gasteiger partial charge in [-0.1, -0.05) is 35.5 Å². The fraction of sp³-hybridized carbons (Fsp3) is 0.250. The molecule has 0 spiro atoms. The van der Waals surface area contributed by atoms with Gasteiger partial charge in [-0.05, 0) is 37.0 Å². The van der Waals surface area contributed by atoms with Gasteiger partial charge < -0.3 is 9.64 Å². The first-order valence-corrected chi connectivity index (χ1v) is 8.04. The molecule has 6 heteroatoms. The molecule has 0 unspecified atom stereocenters. The van der Waals surface area contributed by atoms with Crippen molar-refractivity contribution in [2.24, 2.45) is 4.99 Å². The van der Waals surface area contributed by atoms with Crippen molar-refractivity contribution in [3.63, 3.8) is 0 Å². The van der Waals surface area contributed by atoms with Gasteiger partial charge in [0.15, 0.2) is 5.17 Å². The van der Waals surface area contributed by atoms with Crippen LogP contribution in [0.15, 0.2) is 51.6 Å². The smallest absolute Gasteiger partial charge is 0.338 e. The van der Waals surface area contributed by atoms with E-state index in [1.165, 1.54) is 7.11 Å². The zero-order valence-electron chi connectivity index (χ0n) is 12.5. The third-order valence-electron chi connectivity index (χ3n) is 3.70. The van der Waals surface area contributed by atoms with Gasteiger partial charge in [0.1, 0.15) is 0 Å². The number of rotatable bonds is 2. The SMILES string of the molecule is COC(=O)C1=C(C)N=C2SC=C(C)N2[C@H]1c1ccc(Cl)cc1. The van der Waals surface area contributed by atoms with Gasteiger partial charge in [-0.2, -0.15) is 0 Å². The Balaban J connectivity index is 2.16. The number of carbonyl (C=O) groups is 1. The minimum atomic E-state index is -0.357. The molecule has 0 fully saturated rings. The maximum absolute atomic E-state index is 12.3. The number of benzene rings is 1. The number of nitrogens with zero attached hydrogens (tertiary/aromatic N) is 2. The minimum absolute atomic E-state index is 0.247. The molecule has 0 saturated carbocycles. The zero-order valence-corrected chi connectivity index (χ0v) is 14.0. The summed E-state index contributed by atoms with van der Waals surface area (Å²) in [5, 5.41) is 3.58. The van der Waals surface area contributed by atoms with Crippen molar-refractivity contribution < 1.29 is 9.53 Å². The molecule has 22 heavy (non-hydrogen) atoms. The van der Waals surface area contributed by atoms with Crippen LogP contribution >= 0.6 is 23.4 Å². The second-order valence-corrected chi connectivity index (χ2v) is 6.36. The Morgan fingerprint density at radius 3 is 2.64 bits per heavy atom. The number of esters is 1. The number of aliphatic imine (C=N–C) groups is 1. The van der Waals surface area contributed by atoms with E-state index in [1.807, 2.05) is 43.5 Å². The lowest BCUT2D eigenvalue weighted by atomic mass is 9.94. The van der Waals surface area contributed by atoms with Crippen molar-refractivity contribution in [2.75, 3.05) is 7.11 Å². The number of fused-ring (bicyclic) bond motifs is 1. The zero-order chi connectivity index (χ0) is 15.9. The van der Waals surface area contributed by atoms with Crippen molar-refractivity contribution in [3.8, 4) is 0 Å².